The molecule has 5 N–H and O–H groups in total. The molecule has 1 aromatic heterocycles. The van der Waals surface area contributed by atoms with Crippen molar-refractivity contribution in [1.82, 2.24) is 10.3 Å². The molecule has 19 heavy (non-hydrogen) atoms. The molecule has 1 aromatic carbocycles. The van der Waals surface area contributed by atoms with Crippen molar-refractivity contribution in [2.75, 3.05) is 5.73 Å². The van der Waals surface area contributed by atoms with Crippen LogP contribution in [0.25, 0.3) is 10.9 Å². The molecule has 0 fully saturated rings. The molecule has 0 aliphatic heterocycles. The van der Waals surface area contributed by atoms with Crippen molar-refractivity contribution in [2.24, 2.45) is 0 Å². The van der Waals surface area contributed by atoms with Crippen LogP contribution in [0.3, 0.4) is 0 Å². The summed E-state index contributed by atoms with van der Waals surface area (Å²) in [5.41, 5.74) is 7.99. The van der Waals surface area contributed by atoms with Crippen molar-refractivity contribution in [1.29, 1.82) is 0 Å². The van der Waals surface area contributed by atoms with Crippen LogP contribution in [0.5, 0.6) is 0 Å². The third kappa shape index (κ3) is 2.85. The summed E-state index contributed by atoms with van der Waals surface area (Å²) in [4.78, 5) is 25.1. The summed E-state index contributed by atoms with van der Waals surface area (Å²) in [6.45, 7) is 1.30. The summed E-state index contributed by atoms with van der Waals surface area (Å²) in [5.74, 6) is -1.42. The molecule has 1 amide bonds. The molecule has 6 nitrogen and oxygen atoms in total. The molecule has 1 heterocycles. The molecule has 0 aliphatic rings. The molecule has 0 radical (unpaired) electrons. The molecular weight excluding hydrogens is 246 g/mol. The van der Waals surface area contributed by atoms with E-state index in [0.717, 1.165) is 16.5 Å². The van der Waals surface area contributed by atoms with Gasteiger partial charge in [-0.1, -0.05) is 6.07 Å². The number of anilines is 1. The van der Waals surface area contributed by atoms with Gasteiger partial charge >= 0.3 is 5.97 Å². The van der Waals surface area contributed by atoms with Gasteiger partial charge in [0.2, 0.25) is 5.91 Å². The zero-order valence-corrected chi connectivity index (χ0v) is 10.4. The summed E-state index contributed by atoms with van der Waals surface area (Å²) >= 11 is 0. The number of hydrogen-bond donors (Lipinski definition) is 4. The van der Waals surface area contributed by atoms with E-state index in [-0.39, 0.29) is 12.3 Å². The van der Waals surface area contributed by atoms with Crippen LogP contribution >= 0.6 is 0 Å². The van der Waals surface area contributed by atoms with E-state index in [1.54, 1.807) is 18.3 Å². The first-order valence-corrected chi connectivity index (χ1v) is 5.83. The Morgan fingerprint density at radius 3 is 2.84 bits per heavy atom. The lowest BCUT2D eigenvalue weighted by Crippen LogP contribution is -2.41. The van der Waals surface area contributed by atoms with Crippen molar-refractivity contribution in [3.05, 3.63) is 30.0 Å². The van der Waals surface area contributed by atoms with Gasteiger partial charge in [-0.3, -0.25) is 4.79 Å². The minimum atomic E-state index is -1.06. The molecule has 6 heteroatoms. The second kappa shape index (κ2) is 5.01. The SMILES string of the molecule is CC(=O)NC(Cc1c[nH]c2cc(N)ccc12)C(=O)O. The van der Waals surface area contributed by atoms with Gasteiger partial charge < -0.3 is 21.1 Å². The molecule has 0 bridgehead atoms. The Morgan fingerprint density at radius 1 is 1.47 bits per heavy atom. The van der Waals surface area contributed by atoms with E-state index in [0.29, 0.717) is 5.69 Å². The Labute approximate surface area is 109 Å². The number of benzene rings is 1. The third-order valence-electron chi connectivity index (χ3n) is 2.89. The van der Waals surface area contributed by atoms with Gasteiger partial charge in [0.15, 0.2) is 0 Å². The quantitative estimate of drug-likeness (QED) is 0.613. The van der Waals surface area contributed by atoms with Crippen molar-refractivity contribution < 1.29 is 14.7 Å². The van der Waals surface area contributed by atoms with E-state index in [1.807, 2.05) is 6.07 Å². The largest absolute Gasteiger partial charge is 0.480 e. The first kappa shape index (κ1) is 12.9. The van der Waals surface area contributed by atoms with Crippen LogP contribution in [0.4, 0.5) is 5.69 Å². The number of carboxylic acid groups (broad SMARTS) is 1. The number of carbonyl (C=O) groups is 2. The lowest BCUT2D eigenvalue weighted by Gasteiger charge is -2.12. The van der Waals surface area contributed by atoms with Crippen molar-refractivity contribution in [3.8, 4) is 0 Å². The average molecular weight is 261 g/mol. The number of nitrogens with two attached hydrogens (primary N) is 1. The fourth-order valence-electron chi connectivity index (χ4n) is 2.04. The third-order valence-corrected chi connectivity index (χ3v) is 2.89. The standard InChI is InChI=1S/C13H15N3O3/c1-7(17)16-12(13(18)19)4-8-6-15-11-5-9(14)2-3-10(8)11/h2-3,5-6,12,15H,4,14H2,1H3,(H,16,17)(H,18,19). The van der Waals surface area contributed by atoms with Crippen molar-refractivity contribution >= 4 is 28.5 Å². The van der Waals surface area contributed by atoms with Gasteiger partial charge in [0.05, 0.1) is 0 Å². The number of aromatic nitrogens is 1. The number of rotatable bonds is 4. The van der Waals surface area contributed by atoms with Crippen LogP contribution in [0.2, 0.25) is 0 Å². The normalized spacial score (nSPS) is 12.3. The molecule has 1 atom stereocenters. The Balaban J connectivity index is 2.28. The maximum absolute atomic E-state index is 11.1. The summed E-state index contributed by atoms with van der Waals surface area (Å²) in [7, 11) is 0. The number of carboxylic acids is 1. The Kier molecular flexibility index (Phi) is 3.41. The molecule has 100 valence electrons. The smallest absolute Gasteiger partial charge is 0.326 e. The number of aliphatic carboxylic acids is 1. The topological polar surface area (TPSA) is 108 Å². The highest BCUT2D eigenvalue weighted by molar-refractivity contribution is 5.87. The van der Waals surface area contributed by atoms with Crippen molar-refractivity contribution in [2.45, 2.75) is 19.4 Å². The predicted octanol–water partition coefficient (Wildman–Crippen LogP) is 0.882. The fraction of sp³-hybridized carbons (Fsp3) is 0.231. The monoisotopic (exact) mass is 261 g/mol. The molecule has 0 saturated carbocycles. The highest BCUT2D eigenvalue weighted by Crippen LogP contribution is 2.21. The van der Waals surface area contributed by atoms with Gasteiger partial charge in [-0.25, -0.2) is 4.79 Å². The minimum absolute atomic E-state index is 0.221. The van der Waals surface area contributed by atoms with Gasteiger partial charge in [0, 0.05) is 36.1 Å². The molecule has 2 rings (SSSR count). The number of aromatic amines is 1. The molecule has 0 spiro atoms. The second-order valence-electron chi connectivity index (χ2n) is 4.41. The van der Waals surface area contributed by atoms with Gasteiger partial charge in [-0.15, -0.1) is 0 Å². The van der Waals surface area contributed by atoms with E-state index in [9.17, 15) is 9.59 Å². The van der Waals surface area contributed by atoms with Gasteiger partial charge in [-0.2, -0.15) is 0 Å². The maximum Gasteiger partial charge on any atom is 0.326 e. The first-order valence-electron chi connectivity index (χ1n) is 5.83. The van der Waals surface area contributed by atoms with Crippen LogP contribution in [0.1, 0.15) is 12.5 Å². The number of carbonyl (C=O) groups excluding carboxylic acids is 1. The van der Waals surface area contributed by atoms with Gasteiger partial charge in [0.25, 0.3) is 0 Å². The summed E-state index contributed by atoms with van der Waals surface area (Å²) in [6, 6.07) is 4.44. The highest BCUT2D eigenvalue weighted by Gasteiger charge is 2.20. The van der Waals surface area contributed by atoms with Gasteiger partial charge in [-0.05, 0) is 17.7 Å². The maximum atomic E-state index is 11.1. The first-order chi connectivity index (χ1) is 8.97. The number of hydrogen-bond acceptors (Lipinski definition) is 3. The highest BCUT2D eigenvalue weighted by atomic mass is 16.4. The summed E-state index contributed by atoms with van der Waals surface area (Å²) in [5, 5.41) is 12.4. The molecular formula is C13H15N3O3. The molecule has 0 saturated heterocycles. The van der Waals surface area contributed by atoms with E-state index < -0.39 is 12.0 Å². The van der Waals surface area contributed by atoms with E-state index >= 15 is 0 Å². The summed E-state index contributed by atoms with van der Waals surface area (Å²) < 4.78 is 0. The molecule has 1 unspecified atom stereocenters. The zero-order chi connectivity index (χ0) is 14.0. The lowest BCUT2D eigenvalue weighted by atomic mass is 10.0. The van der Waals surface area contributed by atoms with E-state index in [1.165, 1.54) is 6.92 Å². The number of nitrogen functional groups attached to an aromatic ring is 1. The van der Waals surface area contributed by atoms with E-state index in [4.69, 9.17) is 10.8 Å². The van der Waals surface area contributed by atoms with Crippen molar-refractivity contribution in [3.63, 3.8) is 0 Å². The number of nitrogens with one attached hydrogen (secondary N) is 2. The van der Waals surface area contributed by atoms with Crippen LogP contribution < -0.4 is 11.1 Å². The Bertz CT molecular complexity index is 633. The molecule has 2 aromatic rings. The fourth-order valence-corrected chi connectivity index (χ4v) is 2.04. The van der Waals surface area contributed by atoms with Crippen LogP contribution in [-0.4, -0.2) is 28.0 Å². The molecule has 0 aliphatic carbocycles. The summed E-state index contributed by atoms with van der Waals surface area (Å²) in [6.07, 6.45) is 1.96. The van der Waals surface area contributed by atoms with Gasteiger partial charge in [0.1, 0.15) is 6.04 Å². The predicted molar refractivity (Wildman–Crippen MR) is 71.7 cm³/mol. The Hall–Kier alpha value is -2.50. The zero-order valence-electron chi connectivity index (χ0n) is 10.4. The Morgan fingerprint density at radius 2 is 2.21 bits per heavy atom. The van der Waals surface area contributed by atoms with Crippen LogP contribution in [0, 0.1) is 0 Å². The number of H-pyrrole nitrogens is 1. The van der Waals surface area contributed by atoms with Crippen LogP contribution in [0.15, 0.2) is 24.4 Å². The van der Waals surface area contributed by atoms with E-state index in [2.05, 4.69) is 10.3 Å². The minimum Gasteiger partial charge on any atom is -0.480 e. The van der Waals surface area contributed by atoms with Crippen LogP contribution in [-0.2, 0) is 16.0 Å². The second-order valence-corrected chi connectivity index (χ2v) is 4.41. The lowest BCUT2D eigenvalue weighted by molar-refractivity contribution is -0.141. The number of fused-ring (bicyclic) bond motifs is 1. The average Bonchev–Trinajstić information content (AvgIpc) is 2.70. The number of amides is 1.